The number of ether oxygens (including phenoxy) is 8. The summed E-state index contributed by atoms with van der Waals surface area (Å²) in [6, 6.07) is 9.69. The van der Waals surface area contributed by atoms with Crippen LogP contribution in [0.25, 0.3) is 0 Å². The molecule has 0 bridgehead atoms. The van der Waals surface area contributed by atoms with Crippen LogP contribution in [0.4, 0.5) is 4.79 Å². The Hall–Kier alpha value is -2.77. The third-order valence-electron chi connectivity index (χ3n) is 15.9. The fourth-order valence-electron chi connectivity index (χ4n) is 11.9. The predicted octanol–water partition coefficient (Wildman–Crippen LogP) is 5.02. The molecule has 5 fully saturated rings. The van der Waals surface area contributed by atoms with E-state index in [0.29, 0.717) is 6.42 Å². The molecule has 16 nitrogen and oxygen atoms in total. The summed E-state index contributed by atoms with van der Waals surface area (Å²) in [4.78, 5) is 49.7. The molecule has 0 spiro atoms. The number of aliphatic hydroxyl groups excluding tert-OH is 1. The fraction of sp³-hybridized carbons (Fsp3) is 0.820. The Labute approximate surface area is 393 Å². The number of esters is 1. The van der Waals surface area contributed by atoms with Crippen LogP contribution in [0.2, 0.25) is 0 Å². The molecule has 18 atom stereocenters. The number of methoxy groups -OCH3 is 2. The standard InChI is InChI=1S/C50H82N4O12/c1-15-37-50(10)42(51-47(58)66-50)31(4)40(55)29(2)26-49(9,60-14)44(32(5)41(33(6)45(57)63-37)64-38-27-48(8,59-13)43(56)34(7)62-38)65-46-39(52(11)12)36(25-30(3)61-46)54-23-21-53(22-24-54)28-35-19-17-16-18-20-35/h16-20,29-34,36-39,41-44,46,56H,15,21-28H2,1-14H3,(H,51,58)/t29-,30-,31+,32+,33-,34+,36-,37-,38+,39+,41+,42-,43+,44-,46+,48-,49+,50-/m1/s1. The molecule has 6 rings (SSSR count). The number of nitrogens with one attached hydrogen (secondary N) is 1. The van der Waals surface area contributed by atoms with Crippen LogP contribution < -0.4 is 5.32 Å². The van der Waals surface area contributed by atoms with Crippen molar-refractivity contribution in [1.82, 2.24) is 20.0 Å². The first-order valence-corrected chi connectivity index (χ1v) is 24.4. The lowest BCUT2D eigenvalue weighted by Crippen LogP contribution is -2.65. The molecular weight excluding hydrogens is 849 g/mol. The number of hydrogen-bond donors (Lipinski definition) is 2. The van der Waals surface area contributed by atoms with Gasteiger partial charge in [0.25, 0.3) is 0 Å². The third-order valence-corrected chi connectivity index (χ3v) is 15.9. The minimum Gasteiger partial charge on any atom is -0.458 e. The zero-order chi connectivity index (χ0) is 48.5. The van der Waals surface area contributed by atoms with Crippen molar-refractivity contribution in [2.24, 2.45) is 23.7 Å². The number of carbonyl (C=O) groups is 3. The summed E-state index contributed by atoms with van der Waals surface area (Å²) < 4.78 is 52.4. The number of benzene rings is 1. The maximum atomic E-state index is 14.8. The molecule has 0 aromatic heterocycles. The van der Waals surface area contributed by atoms with Gasteiger partial charge < -0.3 is 53.2 Å². The Morgan fingerprint density at radius 3 is 2.12 bits per heavy atom. The fourth-order valence-corrected chi connectivity index (χ4v) is 11.9. The number of alkyl carbamates (subject to hydrolysis) is 1. The molecule has 2 N–H and O–H groups in total. The largest absolute Gasteiger partial charge is 0.458 e. The van der Waals surface area contributed by atoms with E-state index in [9.17, 15) is 19.5 Å². The van der Waals surface area contributed by atoms with Gasteiger partial charge in [-0.25, -0.2) is 4.79 Å². The van der Waals surface area contributed by atoms with Gasteiger partial charge in [0, 0.05) is 77.2 Å². The minimum absolute atomic E-state index is 0.0944. The second-order valence-electron chi connectivity index (χ2n) is 21.0. The number of Topliss-reactive ketones (excluding diaryl/α,β-unsaturated/α-hetero) is 1. The Bertz CT molecular complexity index is 1790. The van der Waals surface area contributed by atoms with E-state index in [1.807, 2.05) is 34.6 Å². The number of amides is 1. The van der Waals surface area contributed by atoms with Gasteiger partial charge in [0.05, 0.1) is 53.6 Å². The van der Waals surface area contributed by atoms with Crippen LogP contribution in [0, 0.1) is 23.7 Å². The molecule has 0 unspecified atom stereocenters. The number of likely N-dealkylation sites (N-methyl/N-ethyl adjacent to an activating group) is 1. The van der Waals surface area contributed by atoms with Gasteiger partial charge in [0.2, 0.25) is 0 Å². The molecular formula is C50H82N4O12. The topological polar surface area (TPSA) is 167 Å². The molecule has 1 amide bonds. The highest BCUT2D eigenvalue weighted by Crippen LogP contribution is 2.43. The number of ketones is 1. The van der Waals surface area contributed by atoms with Crippen molar-refractivity contribution in [3.05, 3.63) is 35.9 Å². The highest BCUT2D eigenvalue weighted by Gasteiger charge is 2.58. The van der Waals surface area contributed by atoms with E-state index in [1.54, 1.807) is 41.9 Å². The van der Waals surface area contributed by atoms with Crippen LogP contribution in [0.5, 0.6) is 0 Å². The second-order valence-corrected chi connectivity index (χ2v) is 21.0. The number of fused-ring (bicyclic) bond motifs is 1. The minimum atomic E-state index is -1.35. The van der Waals surface area contributed by atoms with Crippen molar-refractivity contribution in [3.63, 3.8) is 0 Å². The van der Waals surface area contributed by atoms with Crippen molar-refractivity contribution in [3.8, 4) is 0 Å². The molecule has 0 aliphatic carbocycles. The summed E-state index contributed by atoms with van der Waals surface area (Å²) in [7, 11) is 7.29. The zero-order valence-corrected chi connectivity index (χ0v) is 42.2. The molecule has 374 valence electrons. The Morgan fingerprint density at radius 2 is 1.52 bits per heavy atom. The summed E-state index contributed by atoms with van der Waals surface area (Å²) >= 11 is 0. The molecule has 5 saturated heterocycles. The number of cyclic esters (lactones) is 1. The summed E-state index contributed by atoms with van der Waals surface area (Å²) in [5.74, 6) is -3.52. The van der Waals surface area contributed by atoms with Crippen LogP contribution in [-0.4, -0.2) is 176 Å². The molecule has 1 aromatic carbocycles. The van der Waals surface area contributed by atoms with Gasteiger partial charge in [0.15, 0.2) is 18.2 Å². The Kier molecular flexibility index (Phi) is 17.1. The monoisotopic (exact) mass is 931 g/mol. The van der Waals surface area contributed by atoms with E-state index < -0.39 is 102 Å². The van der Waals surface area contributed by atoms with E-state index in [0.717, 1.165) is 39.1 Å². The van der Waals surface area contributed by atoms with E-state index in [1.165, 1.54) is 5.56 Å². The molecule has 16 heteroatoms. The van der Waals surface area contributed by atoms with Gasteiger partial charge in [0.1, 0.15) is 18.0 Å². The van der Waals surface area contributed by atoms with Crippen LogP contribution >= 0.6 is 0 Å². The molecule has 5 aliphatic heterocycles. The Morgan fingerprint density at radius 1 is 0.864 bits per heavy atom. The van der Waals surface area contributed by atoms with Gasteiger partial charge in [-0.1, -0.05) is 58.0 Å². The summed E-state index contributed by atoms with van der Waals surface area (Å²) in [6.07, 6.45) is -5.22. The highest BCUT2D eigenvalue weighted by molar-refractivity contribution is 5.85. The summed E-state index contributed by atoms with van der Waals surface area (Å²) in [5, 5.41) is 14.0. The van der Waals surface area contributed by atoms with Gasteiger partial charge in [-0.3, -0.25) is 19.4 Å². The molecule has 5 aliphatic rings. The molecule has 0 saturated carbocycles. The molecule has 66 heavy (non-hydrogen) atoms. The average molecular weight is 931 g/mol. The van der Waals surface area contributed by atoms with Crippen molar-refractivity contribution in [2.45, 2.75) is 186 Å². The van der Waals surface area contributed by atoms with Crippen molar-refractivity contribution >= 4 is 17.8 Å². The number of rotatable bonds is 11. The maximum Gasteiger partial charge on any atom is 0.408 e. The number of aliphatic hydroxyl groups is 1. The molecule has 0 radical (unpaired) electrons. The number of nitrogens with zero attached hydrogens (tertiary/aromatic N) is 3. The van der Waals surface area contributed by atoms with Gasteiger partial charge in [-0.15, -0.1) is 0 Å². The van der Waals surface area contributed by atoms with Crippen LogP contribution in [0.1, 0.15) is 100 Å². The van der Waals surface area contributed by atoms with Crippen LogP contribution in [0.15, 0.2) is 30.3 Å². The van der Waals surface area contributed by atoms with E-state index in [-0.39, 0.29) is 36.8 Å². The van der Waals surface area contributed by atoms with E-state index in [4.69, 9.17) is 37.9 Å². The lowest BCUT2D eigenvalue weighted by atomic mass is 9.73. The second kappa shape index (κ2) is 21.5. The van der Waals surface area contributed by atoms with Gasteiger partial charge in [-0.2, -0.15) is 0 Å². The number of piperazine rings is 1. The predicted molar refractivity (Wildman–Crippen MR) is 247 cm³/mol. The van der Waals surface area contributed by atoms with Gasteiger partial charge in [-0.05, 0) is 80.5 Å². The zero-order valence-electron chi connectivity index (χ0n) is 42.2. The normalized spacial score (nSPS) is 43.7. The SMILES string of the molecule is CC[C@H]1OC(=O)[C@H](C)[C@@H](O[C@H]2C[C@@](C)(OC)[C@@H](O)[C@H](C)O2)[C@H](C)[C@@H](O[C@@H]2O[C@H](C)C[C@@H](N3CCN(Cc4ccccc4)CC3)[C@@H]2N(C)C)[C@@](C)(OC)C[C@@H](C)C(=O)[C@H](C)[C@H]2NC(=O)O[C@@]21C. The summed E-state index contributed by atoms with van der Waals surface area (Å²) in [5.41, 5.74) is -2.22. The molecule has 5 heterocycles. The first-order chi connectivity index (χ1) is 31.1. The highest BCUT2D eigenvalue weighted by atomic mass is 16.7. The van der Waals surface area contributed by atoms with Crippen LogP contribution in [-0.2, 0) is 54.0 Å². The van der Waals surface area contributed by atoms with Crippen molar-refractivity contribution in [1.29, 1.82) is 0 Å². The number of hydrogen-bond acceptors (Lipinski definition) is 15. The van der Waals surface area contributed by atoms with Crippen LogP contribution in [0.3, 0.4) is 0 Å². The average Bonchev–Trinajstić information content (AvgIpc) is 3.60. The molecule has 1 aromatic rings. The smallest absolute Gasteiger partial charge is 0.408 e. The third kappa shape index (κ3) is 11.0. The quantitative estimate of drug-likeness (QED) is 0.284. The number of carbonyl (C=O) groups excluding carboxylic acids is 3. The van der Waals surface area contributed by atoms with E-state index >= 15 is 0 Å². The lowest BCUT2D eigenvalue weighted by Gasteiger charge is -2.53. The van der Waals surface area contributed by atoms with Gasteiger partial charge >= 0.3 is 12.1 Å². The lowest BCUT2D eigenvalue weighted by molar-refractivity contribution is -0.314. The maximum absolute atomic E-state index is 14.8. The van der Waals surface area contributed by atoms with Crippen molar-refractivity contribution in [2.75, 3.05) is 54.5 Å². The van der Waals surface area contributed by atoms with E-state index in [2.05, 4.69) is 71.4 Å². The first kappa shape index (κ1) is 52.6. The first-order valence-electron chi connectivity index (χ1n) is 24.4. The van der Waals surface area contributed by atoms with Crippen molar-refractivity contribution < 1.29 is 57.4 Å². The Balaban J connectivity index is 1.39. The summed E-state index contributed by atoms with van der Waals surface area (Å²) in [6.45, 7) is 23.2.